The maximum Gasteiger partial charge on any atom is 0.158 e. The van der Waals surface area contributed by atoms with Crippen molar-refractivity contribution in [3.63, 3.8) is 0 Å². The predicted molar refractivity (Wildman–Crippen MR) is 96.6 cm³/mol. The second-order valence-corrected chi connectivity index (χ2v) is 6.73. The molecule has 5 nitrogen and oxygen atoms in total. The van der Waals surface area contributed by atoms with Gasteiger partial charge in [-0.2, -0.15) is 0 Å². The molecule has 1 saturated heterocycles. The molecule has 1 aromatic carbocycles. The zero-order valence-corrected chi connectivity index (χ0v) is 14.7. The average molecular weight is 337 g/mol. The lowest BCUT2D eigenvalue weighted by Gasteiger charge is -2.33. The van der Waals surface area contributed by atoms with E-state index in [1.807, 2.05) is 38.1 Å². The largest absolute Gasteiger partial charge is 0.489 e. The summed E-state index contributed by atoms with van der Waals surface area (Å²) in [6, 6.07) is 10.2. The summed E-state index contributed by atoms with van der Waals surface area (Å²) in [6.45, 7) is 7.97. The highest BCUT2D eigenvalue weighted by molar-refractivity contribution is 5.62. The van der Waals surface area contributed by atoms with Gasteiger partial charge in [-0.05, 0) is 37.6 Å². The molecular formula is C20H23N3O2. The van der Waals surface area contributed by atoms with Gasteiger partial charge < -0.3 is 9.47 Å². The first-order valence-corrected chi connectivity index (χ1v) is 8.75. The number of aromatic nitrogens is 2. The van der Waals surface area contributed by atoms with Gasteiger partial charge >= 0.3 is 0 Å². The van der Waals surface area contributed by atoms with Gasteiger partial charge in [0.15, 0.2) is 5.82 Å². The van der Waals surface area contributed by atoms with E-state index >= 15 is 0 Å². The third-order valence-corrected chi connectivity index (χ3v) is 4.56. The molecule has 5 heteroatoms. The summed E-state index contributed by atoms with van der Waals surface area (Å²) in [5, 5.41) is 0. The van der Waals surface area contributed by atoms with E-state index in [2.05, 4.69) is 27.0 Å². The van der Waals surface area contributed by atoms with Crippen molar-refractivity contribution in [2.75, 3.05) is 32.8 Å². The Morgan fingerprint density at radius 2 is 1.96 bits per heavy atom. The molecule has 4 rings (SSSR count). The van der Waals surface area contributed by atoms with Crippen molar-refractivity contribution in [1.82, 2.24) is 14.9 Å². The fourth-order valence-corrected chi connectivity index (χ4v) is 3.44. The fourth-order valence-electron chi connectivity index (χ4n) is 3.44. The van der Waals surface area contributed by atoms with E-state index in [4.69, 9.17) is 9.47 Å². The Bertz CT molecular complexity index is 783. The van der Waals surface area contributed by atoms with Crippen LogP contribution in [0.15, 0.2) is 35.9 Å². The van der Waals surface area contributed by atoms with Crippen molar-refractivity contribution in [3.8, 4) is 5.75 Å². The second kappa shape index (κ2) is 6.94. The Kier molecular flexibility index (Phi) is 4.51. The standard InChI is InChI=1S/C20H23N3O2/c1-14-9-15(2)22-20(21-14)19-12-23(7-8-24-19)11-16-10-17-5-3-4-6-18(17)25-13-16/h3-6,9-10,19H,7-8,11-13H2,1-2H3/t19-/m0/s1. The molecule has 0 radical (unpaired) electrons. The van der Waals surface area contributed by atoms with E-state index < -0.39 is 0 Å². The molecule has 25 heavy (non-hydrogen) atoms. The number of rotatable bonds is 3. The van der Waals surface area contributed by atoms with Crippen molar-refractivity contribution >= 4 is 6.08 Å². The number of morpholine rings is 1. The van der Waals surface area contributed by atoms with Crippen LogP contribution < -0.4 is 4.74 Å². The number of hydrogen-bond acceptors (Lipinski definition) is 5. The highest BCUT2D eigenvalue weighted by atomic mass is 16.5. The van der Waals surface area contributed by atoms with Gasteiger partial charge in [0.1, 0.15) is 18.5 Å². The van der Waals surface area contributed by atoms with Crippen LogP contribution >= 0.6 is 0 Å². The Balaban J connectivity index is 1.46. The fraction of sp³-hybridized carbons (Fsp3) is 0.400. The number of benzene rings is 1. The molecule has 0 spiro atoms. The normalized spacial score (nSPS) is 20.6. The van der Waals surface area contributed by atoms with Crippen molar-refractivity contribution in [3.05, 3.63) is 58.7 Å². The predicted octanol–water partition coefficient (Wildman–Crippen LogP) is 2.94. The van der Waals surface area contributed by atoms with E-state index in [1.54, 1.807) is 0 Å². The zero-order chi connectivity index (χ0) is 17.2. The van der Waals surface area contributed by atoms with Crippen LogP contribution in [0.1, 0.15) is 28.9 Å². The van der Waals surface area contributed by atoms with Crippen molar-refractivity contribution in [1.29, 1.82) is 0 Å². The van der Waals surface area contributed by atoms with Crippen molar-refractivity contribution in [2.45, 2.75) is 20.0 Å². The van der Waals surface area contributed by atoms with E-state index in [0.717, 1.165) is 48.2 Å². The summed E-state index contributed by atoms with van der Waals surface area (Å²) < 4.78 is 11.8. The van der Waals surface area contributed by atoms with Crippen molar-refractivity contribution < 1.29 is 9.47 Å². The summed E-state index contributed by atoms with van der Waals surface area (Å²) in [5.74, 6) is 1.76. The molecule has 1 aromatic heterocycles. The highest BCUT2D eigenvalue weighted by Crippen LogP contribution is 2.27. The smallest absolute Gasteiger partial charge is 0.158 e. The number of hydrogen-bond donors (Lipinski definition) is 0. The highest BCUT2D eigenvalue weighted by Gasteiger charge is 2.25. The van der Waals surface area contributed by atoms with Gasteiger partial charge in [-0.25, -0.2) is 9.97 Å². The SMILES string of the molecule is Cc1cc(C)nc([C@@H]2CN(CC3=Cc4ccccc4OC3)CCO2)n1. The Morgan fingerprint density at radius 3 is 2.80 bits per heavy atom. The molecule has 0 amide bonds. The molecule has 2 aliphatic rings. The van der Waals surface area contributed by atoms with Crippen LogP contribution in [0.3, 0.4) is 0 Å². The third-order valence-electron chi connectivity index (χ3n) is 4.56. The second-order valence-electron chi connectivity index (χ2n) is 6.73. The third kappa shape index (κ3) is 3.72. The molecule has 1 fully saturated rings. The minimum Gasteiger partial charge on any atom is -0.489 e. The number of para-hydroxylation sites is 1. The first-order valence-electron chi connectivity index (χ1n) is 8.75. The molecular weight excluding hydrogens is 314 g/mol. The van der Waals surface area contributed by atoms with E-state index in [-0.39, 0.29) is 6.10 Å². The molecule has 0 saturated carbocycles. The summed E-state index contributed by atoms with van der Waals surface area (Å²) >= 11 is 0. The lowest BCUT2D eigenvalue weighted by molar-refractivity contribution is -0.0318. The van der Waals surface area contributed by atoms with Gasteiger partial charge in [0, 0.05) is 36.6 Å². The van der Waals surface area contributed by atoms with Gasteiger partial charge in [-0.15, -0.1) is 0 Å². The van der Waals surface area contributed by atoms with E-state index in [1.165, 1.54) is 5.57 Å². The maximum absolute atomic E-state index is 5.93. The molecule has 2 aliphatic heterocycles. The topological polar surface area (TPSA) is 47.5 Å². The zero-order valence-electron chi connectivity index (χ0n) is 14.7. The first kappa shape index (κ1) is 16.2. The Hall–Kier alpha value is -2.24. The summed E-state index contributed by atoms with van der Waals surface area (Å²) in [7, 11) is 0. The molecule has 3 heterocycles. The molecule has 0 aliphatic carbocycles. The molecule has 0 bridgehead atoms. The quantitative estimate of drug-likeness (QED) is 0.862. The summed E-state index contributed by atoms with van der Waals surface area (Å²) in [4.78, 5) is 11.5. The van der Waals surface area contributed by atoms with E-state index in [9.17, 15) is 0 Å². The van der Waals surface area contributed by atoms with Gasteiger partial charge in [0.25, 0.3) is 0 Å². The summed E-state index contributed by atoms with van der Waals surface area (Å²) in [5.41, 5.74) is 4.43. The molecule has 130 valence electrons. The minimum atomic E-state index is -0.0651. The lowest BCUT2D eigenvalue weighted by atomic mass is 10.1. The lowest BCUT2D eigenvalue weighted by Crippen LogP contribution is -2.40. The first-order chi connectivity index (χ1) is 12.2. The van der Waals surface area contributed by atoms with Crippen molar-refractivity contribution in [2.24, 2.45) is 0 Å². The number of aryl methyl sites for hydroxylation is 2. The van der Waals surface area contributed by atoms with Gasteiger partial charge in [0.2, 0.25) is 0 Å². The van der Waals surface area contributed by atoms with Crippen LogP contribution in [0.5, 0.6) is 5.75 Å². The van der Waals surface area contributed by atoms with Crippen LogP contribution in [0.25, 0.3) is 6.08 Å². The molecule has 0 unspecified atom stereocenters. The summed E-state index contributed by atoms with van der Waals surface area (Å²) in [6.07, 6.45) is 2.18. The van der Waals surface area contributed by atoms with Gasteiger partial charge in [0.05, 0.1) is 6.61 Å². The average Bonchev–Trinajstić information content (AvgIpc) is 2.61. The maximum atomic E-state index is 5.93. The number of ether oxygens (including phenoxy) is 2. The van der Waals surface area contributed by atoms with Crippen LogP contribution in [0.4, 0.5) is 0 Å². The number of fused-ring (bicyclic) bond motifs is 1. The van der Waals surface area contributed by atoms with Gasteiger partial charge in [-0.1, -0.05) is 18.2 Å². The Morgan fingerprint density at radius 1 is 1.16 bits per heavy atom. The monoisotopic (exact) mass is 337 g/mol. The van der Waals surface area contributed by atoms with Crippen LogP contribution in [-0.4, -0.2) is 47.7 Å². The Labute approximate surface area is 148 Å². The molecule has 2 aromatic rings. The molecule has 1 atom stereocenters. The van der Waals surface area contributed by atoms with Crippen LogP contribution in [0, 0.1) is 13.8 Å². The van der Waals surface area contributed by atoms with Gasteiger partial charge in [-0.3, -0.25) is 4.90 Å². The van der Waals surface area contributed by atoms with Crippen LogP contribution in [0.2, 0.25) is 0 Å². The minimum absolute atomic E-state index is 0.0651. The van der Waals surface area contributed by atoms with Crippen LogP contribution in [-0.2, 0) is 4.74 Å². The molecule has 0 N–H and O–H groups in total. The number of nitrogens with zero attached hydrogens (tertiary/aromatic N) is 3. The van der Waals surface area contributed by atoms with E-state index in [0.29, 0.717) is 13.2 Å².